The van der Waals surface area contributed by atoms with Gasteiger partial charge in [-0.05, 0) is 31.0 Å². The van der Waals surface area contributed by atoms with Crippen LogP contribution in [0.1, 0.15) is 31.7 Å². The summed E-state index contributed by atoms with van der Waals surface area (Å²) in [6, 6.07) is 8.05. The van der Waals surface area contributed by atoms with E-state index < -0.39 is 6.10 Å². The molecule has 3 heteroatoms. The van der Waals surface area contributed by atoms with Gasteiger partial charge in [-0.3, -0.25) is 0 Å². The van der Waals surface area contributed by atoms with Crippen LogP contribution in [-0.4, -0.2) is 31.4 Å². The smallest absolute Gasteiger partial charge is 0.122 e. The molecule has 0 radical (unpaired) electrons. The summed E-state index contributed by atoms with van der Waals surface area (Å²) in [5, 5.41) is 12.5. The first-order valence-corrected chi connectivity index (χ1v) is 6.23. The third-order valence-electron chi connectivity index (χ3n) is 2.93. The summed E-state index contributed by atoms with van der Waals surface area (Å²) in [5.41, 5.74) is 1.21. The molecule has 1 rings (SSSR count). The molecule has 17 heavy (non-hydrogen) atoms. The Balaban J connectivity index is 2.63. The highest BCUT2D eigenvalue weighted by Gasteiger charge is 2.11. The topological polar surface area (TPSA) is 41.5 Å². The van der Waals surface area contributed by atoms with Gasteiger partial charge in [0.25, 0.3) is 0 Å². The first-order valence-electron chi connectivity index (χ1n) is 6.23. The molecule has 0 amide bonds. The van der Waals surface area contributed by atoms with Gasteiger partial charge in [0.15, 0.2) is 0 Å². The molecule has 0 aliphatic rings. The molecule has 0 saturated heterocycles. The fourth-order valence-electron chi connectivity index (χ4n) is 1.72. The number of likely N-dealkylation sites (N-methyl/N-ethyl adjacent to an activating group) is 1. The quantitative estimate of drug-likeness (QED) is 0.763. The van der Waals surface area contributed by atoms with Crippen LogP contribution in [0.2, 0.25) is 0 Å². The van der Waals surface area contributed by atoms with Crippen LogP contribution in [0.3, 0.4) is 0 Å². The summed E-state index contributed by atoms with van der Waals surface area (Å²) in [7, 11) is 1.82. The maximum absolute atomic E-state index is 9.61. The van der Waals surface area contributed by atoms with Crippen LogP contribution in [0.25, 0.3) is 0 Å². The lowest BCUT2D eigenvalue weighted by Crippen LogP contribution is -2.29. The van der Waals surface area contributed by atoms with Crippen molar-refractivity contribution in [2.24, 2.45) is 0 Å². The van der Waals surface area contributed by atoms with Crippen LogP contribution < -0.4 is 10.1 Å². The number of para-hydroxylation sites is 1. The molecular weight excluding hydrogens is 214 g/mol. The molecule has 0 fully saturated rings. The Hall–Kier alpha value is -1.06. The van der Waals surface area contributed by atoms with Crippen LogP contribution >= 0.6 is 0 Å². The van der Waals surface area contributed by atoms with Crippen molar-refractivity contribution >= 4 is 0 Å². The van der Waals surface area contributed by atoms with Gasteiger partial charge in [-0.15, -0.1) is 0 Å². The number of hydrogen-bond acceptors (Lipinski definition) is 3. The Morgan fingerprint density at radius 2 is 2.06 bits per heavy atom. The third-order valence-corrected chi connectivity index (χ3v) is 2.93. The van der Waals surface area contributed by atoms with Gasteiger partial charge in [0.1, 0.15) is 18.5 Å². The molecule has 0 spiro atoms. The summed E-state index contributed by atoms with van der Waals surface area (Å²) in [6.45, 7) is 5.23. The van der Waals surface area contributed by atoms with E-state index in [-0.39, 0.29) is 0 Å². The predicted octanol–water partition coefficient (Wildman–Crippen LogP) is 2.16. The lowest BCUT2D eigenvalue weighted by atomic mass is 9.98. The summed E-state index contributed by atoms with van der Waals surface area (Å²) >= 11 is 0. The number of ether oxygens (including phenoxy) is 1. The number of aliphatic hydroxyl groups is 1. The zero-order chi connectivity index (χ0) is 12.7. The van der Waals surface area contributed by atoms with Crippen molar-refractivity contribution in [1.29, 1.82) is 0 Å². The highest BCUT2D eigenvalue weighted by atomic mass is 16.5. The third kappa shape index (κ3) is 4.36. The number of nitrogens with one attached hydrogen (secondary N) is 1. The summed E-state index contributed by atoms with van der Waals surface area (Å²) in [4.78, 5) is 0. The van der Waals surface area contributed by atoms with Crippen molar-refractivity contribution in [3.05, 3.63) is 29.8 Å². The van der Waals surface area contributed by atoms with Gasteiger partial charge in [0.05, 0.1) is 0 Å². The van der Waals surface area contributed by atoms with E-state index in [1.165, 1.54) is 5.56 Å². The maximum Gasteiger partial charge on any atom is 0.122 e. The van der Waals surface area contributed by atoms with Crippen LogP contribution in [0.15, 0.2) is 24.3 Å². The molecule has 0 aromatic heterocycles. The van der Waals surface area contributed by atoms with Gasteiger partial charge in [0.2, 0.25) is 0 Å². The molecule has 2 N–H and O–H groups in total. The van der Waals surface area contributed by atoms with Crippen LogP contribution in [0.4, 0.5) is 0 Å². The molecule has 96 valence electrons. The number of aliphatic hydroxyl groups excluding tert-OH is 1. The minimum Gasteiger partial charge on any atom is -0.491 e. The van der Waals surface area contributed by atoms with Crippen molar-refractivity contribution in [2.75, 3.05) is 20.2 Å². The van der Waals surface area contributed by atoms with E-state index in [1.807, 2.05) is 25.2 Å². The first-order chi connectivity index (χ1) is 8.19. The second-order valence-electron chi connectivity index (χ2n) is 4.37. The molecular formula is C14H23NO2. The highest BCUT2D eigenvalue weighted by Crippen LogP contribution is 2.28. The van der Waals surface area contributed by atoms with E-state index in [4.69, 9.17) is 4.74 Å². The Bertz CT molecular complexity index is 328. The normalized spacial score (nSPS) is 14.4. The van der Waals surface area contributed by atoms with Crippen LogP contribution in [0, 0.1) is 0 Å². The van der Waals surface area contributed by atoms with Gasteiger partial charge in [-0.1, -0.05) is 32.0 Å². The molecule has 2 atom stereocenters. The van der Waals surface area contributed by atoms with E-state index in [0.29, 0.717) is 19.1 Å². The summed E-state index contributed by atoms with van der Waals surface area (Å²) in [5.74, 6) is 1.37. The van der Waals surface area contributed by atoms with Crippen LogP contribution in [-0.2, 0) is 0 Å². The van der Waals surface area contributed by atoms with E-state index in [9.17, 15) is 5.11 Å². The molecule has 2 unspecified atom stereocenters. The van der Waals surface area contributed by atoms with Gasteiger partial charge >= 0.3 is 0 Å². The van der Waals surface area contributed by atoms with E-state index >= 15 is 0 Å². The van der Waals surface area contributed by atoms with Gasteiger partial charge in [0, 0.05) is 6.54 Å². The molecule has 1 aromatic carbocycles. The van der Waals surface area contributed by atoms with Crippen molar-refractivity contribution in [2.45, 2.75) is 32.3 Å². The Kier molecular flexibility index (Phi) is 6.01. The zero-order valence-corrected chi connectivity index (χ0v) is 10.9. The number of benzene rings is 1. The average Bonchev–Trinajstić information content (AvgIpc) is 2.36. The number of rotatable bonds is 7. The molecule has 0 heterocycles. The largest absolute Gasteiger partial charge is 0.491 e. The Labute approximate surface area is 104 Å². The Morgan fingerprint density at radius 1 is 1.35 bits per heavy atom. The monoisotopic (exact) mass is 237 g/mol. The second-order valence-corrected chi connectivity index (χ2v) is 4.37. The molecule has 0 aliphatic carbocycles. The lowest BCUT2D eigenvalue weighted by Gasteiger charge is -2.17. The number of hydrogen-bond donors (Lipinski definition) is 2. The van der Waals surface area contributed by atoms with E-state index in [1.54, 1.807) is 0 Å². The summed E-state index contributed by atoms with van der Waals surface area (Å²) < 4.78 is 5.68. The van der Waals surface area contributed by atoms with Gasteiger partial charge < -0.3 is 15.2 Å². The molecule has 0 aliphatic heterocycles. The minimum absolute atomic E-state index is 0.328. The van der Waals surface area contributed by atoms with Crippen molar-refractivity contribution < 1.29 is 9.84 Å². The minimum atomic E-state index is -0.468. The first kappa shape index (κ1) is 14.0. The van der Waals surface area contributed by atoms with Crippen molar-refractivity contribution in [3.8, 4) is 5.75 Å². The fourth-order valence-corrected chi connectivity index (χ4v) is 1.72. The maximum atomic E-state index is 9.61. The molecule has 0 bridgehead atoms. The SMILES string of the molecule is CCC(C)c1ccccc1OCC(O)CNC. The zero-order valence-electron chi connectivity index (χ0n) is 10.9. The van der Waals surface area contributed by atoms with E-state index in [2.05, 4.69) is 25.2 Å². The summed E-state index contributed by atoms with van der Waals surface area (Å²) in [6.07, 6.45) is 0.615. The van der Waals surface area contributed by atoms with Gasteiger partial charge in [-0.2, -0.15) is 0 Å². The molecule has 1 aromatic rings. The molecule has 0 saturated carbocycles. The standard InChI is InChI=1S/C14H23NO2/c1-4-11(2)13-7-5-6-8-14(13)17-10-12(16)9-15-3/h5-8,11-12,15-16H,4,9-10H2,1-3H3. The second kappa shape index (κ2) is 7.30. The fraction of sp³-hybridized carbons (Fsp3) is 0.571. The lowest BCUT2D eigenvalue weighted by molar-refractivity contribution is 0.107. The van der Waals surface area contributed by atoms with Crippen molar-refractivity contribution in [1.82, 2.24) is 5.32 Å². The Morgan fingerprint density at radius 3 is 2.71 bits per heavy atom. The predicted molar refractivity (Wildman–Crippen MR) is 70.6 cm³/mol. The van der Waals surface area contributed by atoms with Crippen molar-refractivity contribution in [3.63, 3.8) is 0 Å². The molecule has 3 nitrogen and oxygen atoms in total. The highest BCUT2D eigenvalue weighted by molar-refractivity contribution is 5.35. The van der Waals surface area contributed by atoms with Gasteiger partial charge in [-0.25, -0.2) is 0 Å². The van der Waals surface area contributed by atoms with E-state index in [0.717, 1.165) is 12.2 Å². The van der Waals surface area contributed by atoms with Crippen LogP contribution in [0.5, 0.6) is 5.75 Å². The average molecular weight is 237 g/mol.